The monoisotopic (exact) mass is 327 g/mol. The number of nitrogens with one attached hydrogen (secondary N) is 2. The smallest absolute Gasteiger partial charge is 0.251 e. The summed E-state index contributed by atoms with van der Waals surface area (Å²) >= 11 is 1.67. The second-order valence-electron chi connectivity index (χ2n) is 5.66. The standard InChI is InChI=1S/C18H21N3OS/c1-12-17(16-7-8-19-9-14(16)10-20-12)11-21-18(22)13-3-5-15(23-2)6-4-13/h3-6,10,19H,7-9,11H2,1-2H3,(H,21,22). The van der Waals surface area contributed by atoms with Gasteiger partial charge in [0, 0.05) is 35.4 Å². The fraction of sp³-hybridized carbons (Fsp3) is 0.333. The van der Waals surface area contributed by atoms with Crippen molar-refractivity contribution in [2.75, 3.05) is 12.8 Å². The Balaban J connectivity index is 1.73. The largest absolute Gasteiger partial charge is 0.348 e. The van der Waals surface area contributed by atoms with Crippen LogP contribution in [-0.2, 0) is 19.5 Å². The van der Waals surface area contributed by atoms with Gasteiger partial charge >= 0.3 is 0 Å². The molecule has 1 aromatic carbocycles. The summed E-state index contributed by atoms with van der Waals surface area (Å²) in [7, 11) is 0. The number of rotatable bonds is 4. The molecule has 0 fully saturated rings. The Labute approximate surface area is 141 Å². The van der Waals surface area contributed by atoms with Crippen molar-refractivity contribution in [2.45, 2.75) is 31.3 Å². The van der Waals surface area contributed by atoms with Gasteiger partial charge in [-0.2, -0.15) is 0 Å². The van der Waals surface area contributed by atoms with Crippen LogP contribution in [0.15, 0.2) is 35.4 Å². The Morgan fingerprint density at radius 1 is 1.35 bits per heavy atom. The molecule has 2 aromatic rings. The van der Waals surface area contributed by atoms with E-state index < -0.39 is 0 Å². The molecule has 0 saturated heterocycles. The predicted molar refractivity (Wildman–Crippen MR) is 93.8 cm³/mol. The molecule has 2 heterocycles. The van der Waals surface area contributed by atoms with Gasteiger partial charge in [-0.05, 0) is 67.1 Å². The molecule has 3 rings (SSSR count). The maximum atomic E-state index is 12.3. The zero-order valence-electron chi connectivity index (χ0n) is 13.5. The lowest BCUT2D eigenvalue weighted by Gasteiger charge is -2.21. The Hall–Kier alpha value is -1.85. The number of aryl methyl sites for hydroxylation is 1. The normalized spacial score (nSPS) is 13.5. The molecule has 1 aliphatic heterocycles. The highest BCUT2D eigenvalue weighted by Gasteiger charge is 2.16. The Kier molecular flexibility index (Phi) is 4.98. The third-order valence-electron chi connectivity index (χ3n) is 4.25. The van der Waals surface area contributed by atoms with Gasteiger partial charge in [-0.1, -0.05) is 0 Å². The second-order valence-corrected chi connectivity index (χ2v) is 6.54. The summed E-state index contributed by atoms with van der Waals surface area (Å²) in [5.41, 5.74) is 5.45. The van der Waals surface area contributed by atoms with Crippen molar-refractivity contribution in [2.24, 2.45) is 0 Å². The minimum absolute atomic E-state index is 0.0383. The van der Waals surface area contributed by atoms with Gasteiger partial charge in [0.1, 0.15) is 0 Å². The van der Waals surface area contributed by atoms with Crippen LogP contribution in [0.2, 0.25) is 0 Å². The average Bonchev–Trinajstić information content (AvgIpc) is 2.60. The summed E-state index contributed by atoms with van der Waals surface area (Å²) in [4.78, 5) is 18.0. The summed E-state index contributed by atoms with van der Waals surface area (Å²) in [6.07, 6.45) is 4.97. The highest BCUT2D eigenvalue weighted by molar-refractivity contribution is 7.98. The quantitative estimate of drug-likeness (QED) is 0.848. The van der Waals surface area contributed by atoms with Crippen LogP contribution in [0.3, 0.4) is 0 Å². The molecule has 120 valence electrons. The van der Waals surface area contributed by atoms with E-state index in [4.69, 9.17) is 0 Å². The van der Waals surface area contributed by atoms with Crippen LogP contribution in [0.5, 0.6) is 0 Å². The Morgan fingerprint density at radius 2 is 2.13 bits per heavy atom. The summed E-state index contributed by atoms with van der Waals surface area (Å²) in [5.74, 6) is -0.0383. The summed E-state index contributed by atoms with van der Waals surface area (Å²) in [5, 5.41) is 6.40. The molecule has 1 aromatic heterocycles. The fourth-order valence-electron chi connectivity index (χ4n) is 2.89. The number of nitrogens with zero attached hydrogens (tertiary/aromatic N) is 1. The second kappa shape index (κ2) is 7.15. The van der Waals surface area contributed by atoms with E-state index >= 15 is 0 Å². The molecule has 0 spiro atoms. The summed E-state index contributed by atoms with van der Waals surface area (Å²) in [6, 6.07) is 7.69. The van der Waals surface area contributed by atoms with Crippen LogP contribution in [0.1, 0.15) is 32.7 Å². The minimum atomic E-state index is -0.0383. The van der Waals surface area contributed by atoms with Crippen LogP contribution < -0.4 is 10.6 Å². The van der Waals surface area contributed by atoms with Crippen molar-refractivity contribution in [3.8, 4) is 0 Å². The van der Waals surface area contributed by atoms with Gasteiger partial charge in [0.2, 0.25) is 0 Å². The van der Waals surface area contributed by atoms with Gasteiger partial charge in [0.15, 0.2) is 0 Å². The van der Waals surface area contributed by atoms with Crippen LogP contribution >= 0.6 is 11.8 Å². The lowest BCUT2D eigenvalue weighted by atomic mass is 9.96. The average molecular weight is 327 g/mol. The first-order chi connectivity index (χ1) is 11.2. The topological polar surface area (TPSA) is 54.0 Å². The number of carbonyl (C=O) groups excluding carboxylic acids is 1. The van der Waals surface area contributed by atoms with Gasteiger partial charge in [-0.15, -0.1) is 11.8 Å². The molecular formula is C18H21N3OS. The van der Waals surface area contributed by atoms with E-state index in [0.717, 1.165) is 35.7 Å². The predicted octanol–water partition coefficient (Wildman–Crippen LogP) is 2.69. The number of carbonyl (C=O) groups is 1. The lowest BCUT2D eigenvalue weighted by Crippen LogP contribution is -2.28. The van der Waals surface area contributed by atoms with Crippen LogP contribution in [0.4, 0.5) is 0 Å². The molecule has 5 heteroatoms. The fourth-order valence-corrected chi connectivity index (χ4v) is 3.30. The molecule has 2 N–H and O–H groups in total. The van der Waals surface area contributed by atoms with Gasteiger partial charge in [0.05, 0.1) is 0 Å². The van der Waals surface area contributed by atoms with E-state index in [-0.39, 0.29) is 5.91 Å². The molecule has 0 aliphatic carbocycles. The lowest BCUT2D eigenvalue weighted by molar-refractivity contribution is 0.0950. The number of hydrogen-bond donors (Lipinski definition) is 2. The molecular weight excluding hydrogens is 306 g/mol. The first kappa shape index (κ1) is 16.0. The van der Waals surface area contributed by atoms with E-state index in [1.807, 2.05) is 43.6 Å². The van der Waals surface area contributed by atoms with Crippen molar-refractivity contribution in [3.05, 3.63) is 58.4 Å². The molecule has 0 unspecified atom stereocenters. The summed E-state index contributed by atoms with van der Waals surface area (Å²) in [6.45, 7) is 4.38. The first-order valence-electron chi connectivity index (χ1n) is 7.78. The maximum Gasteiger partial charge on any atom is 0.251 e. The third-order valence-corrected chi connectivity index (χ3v) is 4.99. The number of hydrogen-bond acceptors (Lipinski definition) is 4. The molecule has 0 bridgehead atoms. The van der Waals surface area contributed by atoms with Gasteiger partial charge < -0.3 is 10.6 Å². The van der Waals surface area contributed by atoms with E-state index in [0.29, 0.717) is 12.1 Å². The highest BCUT2D eigenvalue weighted by Crippen LogP contribution is 2.20. The van der Waals surface area contributed by atoms with E-state index in [1.165, 1.54) is 11.1 Å². The molecule has 0 saturated carbocycles. The van der Waals surface area contributed by atoms with Crippen molar-refractivity contribution >= 4 is 17.7 Å². The van der Waals surface area contributed by atoms with Crippen LogP contribution in [0, 0.1) is 6.92 Å². The van der Waals surface area contributed by atoms with Gasteiger partial charge in [-0.25, -0.2) is 0 Å². The zero-order valence-corrected chi connectivity index (χ0v) is 14.3. The molecule has 0 atom stereocenters. The number of aromatic nitrogens is 1. The van der Waals surface area contributed by atoms with Crippen LogP contribution in [0.25, 0.3) is 0 Å². The van der Waals surface area contributed by atoms with Crippen molar-refractivity contribution in [1.29, 1.82) is 0 Å². The number of pyridine rings is 1. The van der Waals surface area contributed by atoms with Gasteiger partial charge in [-0.3, -0.25) is 9.78 Å². The Morgan fingerprint density at radius 3 is 2.87 bits per heavy atom. The van der Waals surface area contributed by atoms with E-state index in [2.05, 4.69) is 15.6 Å². The van der Waals surface area contributed by atoms with Crippen molar-refractivity contribution in [3.63, 3.8) is 0 Å². The maximum absolute atomic E-state index is 12.3. The van der Waals surface area contributed by atoms with Gasteiger partial charge in [0.25, 0.3) is 5.91 Å². The third kappa shape index (κ3) is 3.57. The van der Waals surface area contributed by atoms with E-state index in [9.17, 15) is 4.79 Å². The molecule has 1 amide bonds. The number of amides is 1. The molecule has 4 nitrogen and oxygen atoms in total. The first-order valence-corrected chi connectivity index (χ1v) is 9.00. The number of thioether (sulfide) groups is 1. The Bertz CT molecular complexity index is 713. The summed E-state index contributed by atoms with van der Waals surface area (Å²) < 4.78 is 0. The molecule has 1 aliphatic rings. The number of benzene rings is 1. The zero-order chi connectivity index (χ0) is 16.2. The van der Waals surface area contributed by atoms with E-state index in [1.54, 1.807) is 11.8 Å². The molecule has 23 heavy (non-hydrogen) atoms. The number of fused-ring (bicyclic) bond motifs is 1. The SMILES string of the molecule is CSc1ccc(C(=O)NCc2c(C)ncc3c2CCNC3)cc1. The minimum Gasteiger partial charge on any atom is -0.348 e. The van der Waals surface area contributed by atoms with Crippen molar-refractivity contribution in [1.82, 2.24) is 15.6 Å². The molecule has 0 radical (unpaired) electrons. The van der Waals surface area contributed by atoms with Crippen LogP contribution in [-0.4, -0.2) is 23.7 Å². The highest BCUT2D eigenvalue weighted by atomic mass is 32.2. The van der Waals surface area contributed by atoms with Crippen molar-refractivity contribution < 1.29 is 4.79 Å².